The lowest BCUT2D eigenvalue weighted by molar-refractivity contribution is -0.118. The van der Waals surface area contributed by atoms with Crippen molar-refractivity contribution in [3.8, 4) is 11.5 Å². The molecule has 4 rings (SSSR count). The lowest BCUT2D eigenvalue weighted by Gasteiger charge is -2.48. The van der Waals surface area contributed by atoms with E-state index in [9.17, 15) is 4.79 Å². The highest BCUT2D eigenvalue weighted by Crippen LogP contribution is 2.49. The molecule has 30 heavy (non-hydrogen) atoms. The van der Waals surface area contributed by atoms with Crippen molar-refractivity contribution in [3.63, 3.8) is 0 Å². The Bertz CT molecular complexity index is 983. The number of allylic oxidation sites excluding steroid dienone is 2. The van der Waals surface area contributed by atoms with Gasteiger partial charge >= 0.3 is 0 Å². The van der Waals surface area contributed by atoms with Crippen LogP contribution in [0.2, 0.25) is 0 Å². The highest BCUT2D eigenvalue weighted by molar-refractivity contribution is 7.80. The normalized spacial score (nSPS) is 23.5. The summed E-state index contributed by atoms with van der Waals surface area (Å²) in [4.78, 5) is 15.5. The third-order valence-electron chi connectivity index (χ3n) is 6.18. The Balaban J connectivity index is 1.85. The van der Waals surface area contributed by atoms with Gasteiger partial charge in [-0.05, 0) is 53.7 Å². The highest BCUT2D eigenvalue weighted by atomic mass is 32.1. The summed E-state index contributed by atoms with van der Waals surface area (Å²) in [5.74, 6) is 1.58. The Kier molecular flexibility index (Phi) is 5.22. The Morgan fingerprint density at radius 2 is 1.97 bits per heavy atom. The molecule has 0 saturated carbocycles. The molecule has 7 nitrogen and oxygen atoms in total. The molecule has 3 aliphatic rings. The number of hydrogen-bond acceptors (Lipinski definition) is 6. The minimum Gasteiger partial charge on any atom is -0.493 e. The Morgan fingerprint density at radius 3 is 2.63 bits per heavy atom. The fourth-order valence-electron chi connectivity index (χ4n) is 4.94. The second-order valence-corrected chi connectivity index (χ2v) is 9.31. The number of fused-ring (bicyclic) bond motifs is 4. The number of carbonyl (C=O) groups excluding carboxylic acids is 1. The van der Waals surface area contributed by atoms with Crippen molar-refractivity contribution in [2.45, 2.75) is 45.6 Å². The van der Waals surface area contributed by atoms with Gasteiger partial charge in [0.1, 0.15) is 0 Å². The number of methoxy groups -OCH3 is 2. The number of carbonyl (C=O) groups is 1. The number of ketones is 1. The van der Waals surface area contributed by atoms with Crippen LogP contribution in [0.1, 0.15) is 50.3 Å². The third kappa shape index (κ3) is 3.53. The summed E-state index contributed by atoms with van der Waals surface area (Å²) in [6.45, 7) is 5.15. The number of nitrogens with zero attached hydrogens (tertiary/aromatic N) is 2. The first kappa shape index (κ1) is 20.7. The van der Waals surface area contributed by atoms with Gasteiger partial charge in [0.2, 0.25) is 0 Å². The first-order valence-electron chi connectivity index (χ1n) is 10.1. The first-order chi connectivity index (χ1) is 14.2. The second-order valence-electron chi connectivity index (χ2n) is 8.87. The predicted octanol–water partition coefficient (Wildman–Crippen LogP) is 2.84. The molecule has 0 amide bonds. The summed E-state index contributed by atoms with van der Waals surface area (Å²) in [6.07, 6.45) is 2.83. The lowest BCUT2D eigenvalue weighted by atomic mass is 9.71. The van der Waals surface area contributed by atoms with Gasteiger partial charge in [-0.15, -0.1) is 0 Å². The fraction of sp³-hybridized carbons (Fsp3) is 0.500. The molecular formula is C22H28N4O3S. The molecule has 2 heterocycles. The summed E-state index contributed by atoms with van der Waals surface area (Å²) in [7, 11) is 3.30. The van der Waals surface area contributed by atoms with Crippen LogP contribution < -0.4 is 20.6 Å². The minimum absolute atomic E-state index is 0.0703. The number of hydrogen-bond donors (Lipinski definition) is 2. The lowest BCUT2D eigenvalue weighted by Crippen LogP contribution is -2.46. The van der Waals surface area contributed by atoms with Crippen LogP contribution in [0.3, 0.4) is 0 Å². The van der Waals surface area contributed by atoms with Gasteiger partial charge in [-0.3, -0.25) is 10.2 Å². The number of benzene rings is 1. The van der Waals surface area contributed by atoms with E-state index in [-0.39, 0.29) is 22.4 Å². The van der Waals surface area contributed by atoms with E-state index < -0.39 is 0 Å². The van der Waals surface area contributed by atoms with Gasteiger partial charge < -0.3 is 20.1 Å². The van der Waals surface area contributed by atoms with Crippen molar-refractivity contribution < 1.29 is 14.3 Å². The zero-order valence-electron chi connectivity index (χ0n) is 17.9. The number of nitrogens with one attached hydrogen (secondary N) is 1. The zero-order chi connectivity index (χ0) is 21.6. The monoisotopic (exact) mass is 428 g/mol. The maximum atomic E-state index is 13.1. The van der Waals surface area contributed by atoms with Gasteiger partial charge in [0, 0.05) is 25.1 Å². The van der Waals surface area contributed by atoms with Crippen LogP contribution in [0, 0.1) is 5.41 Å². The number of Topliss-reactive ketones (excluding diaryl/α,β-unsaturated/α-hetero) is 1. The second kappa shape index (κ2) is 7.58. The van der Waals surface area contributed by atoms with E-state index >= 15 is 0 Å². The summed E-state index contributed by atoms with van der Waals surface area (Å²) < 4.78 is 11.1. The molecule has 160 valence electrons. The molecular weight excluding hydrogens is 400 g/mol. The largest absolute Gasteiger partial charge is 0.493 e. The van der Waals surface area contributed by atoms with Crippen molar-refractivity contribution in [3.05, 3.63) is 34.5 Å². The van der Waals surface area contributed by atoms with Crippen LogP contribution in [0.4, 0.5) is 0 Å². The summed E-state index contributed by atoms with van der Waals surface area (Å²) in [5.41, 5.74) is 13.2. The van der Waals surface area contributed by atoms with Crippen LogP contribution >= 0.6 is 12.2 Å². The van der Waals surface area contributed by atoms with Crippen molar-refractivity contribution in [2.75, 3.05) is 20.8 Å². The van der Waals surface area contributed by atoms with Gasteiger partial charge in [-0.25, -0.2) is 0 Å². The standard InChI is InChI=1S/C22H28N4O3S/c1-22(2)10-16-20(17(27)11-22)14(24-25-21(23)30)9-15-13-8-19(29-4)18(28-3)7-12(13)5-6-26(15)16/h7-8,15H,5-6,9-11H2,1-4H3,(H3,23,25,30). The predicted molar refractivity (Wildman–Crippen MR) is 120 cm³/mol. The van der Waals surface area contributed by atoms with Gasteiger partial charge in [0.25, 0.3) is 0 Å². The molecule has 2 aliphatic heterocycles. The van der Waals surface area contributed by atoms with Crippen LogP contribution in [0.5, 0.6) is 11.5 Å². The zero-order valence-corrected chi connectivity index (χ0v) is 18.7. The van der Waals surface area contributed by atoms with E-state index in [1.807, 2.05) is 0 Å². The first-order valence-corrected chi connectivity index (χ1v) is 10.5. The average molecular weight is 429 g/mol. The molecule has 1 unspecified atom stereocenters. The van der Waals surface area contributed by atoms with Gasteiger partial charge in [0.05, 0.1) is 31.5 Å². The van der Waals surface area contributed by atoms with Crippen LogP contribution in [-0.2, 0) is 11.2 Å². The Labute approximate surface area is 182 Å². The fourth-order valence-corrected chi connectivity index (χ4v) is 4.99. The number of nitrogens with two attached hydrogens (primary N) is 1. The van der Waals surface area contributed by atoms with Crippen LogP contribution in [-0.4, -0.2) is 42.3 Å². The topological polar surface area (TPSA) is 89.2 Å². The van der Waals surface area contributed by atoms with Crippen molar-refractivity contribution in [1.29, 1.82) is 0 Å². The number of hydrazone groups is 1. The maximum Gasteiger partial charge on any atom is 0.184 e. The number of ether oxygens (including phenoxy) is 2. The van der Waals surface area contributed by atoms with Gasteiger partial charge in [0.15, 0.2) is 22.4 Å². The van der Waals surface area contributed by atoms with E-state index in [0.717, 1.165) is 42.1 Å². The molecule has 0 aromatic heterocycles. The van der Waals surface area contributed by atoms with E-state index in [0.29, 0.717) is 18.6 Å². The minimum atomic E-state index is -0.0859. The van der Waals surface area contributed by atoms with Crippen LogP contribution in [0.15, 0.2) is 28.5 Å². The third-order valence-corrected chi connectivity index (χ3v) is 6.27. The molecule has 1 aromatic carbocycles. The van der Waals surface area contributed by atoms with Crippen molar-refractivity contribution in [1.82, 2.24) is 10.3 Å². The molecule has 3 N–H and O–H groups in total. The average Bonchev–Trinajstić information content (AvgIpc) is 2.69. The molecule has 0 bridgehead atoms. The van der Waals surface area contributed by atoms with Crippen LogP contribution in [0.25, 0.3) is 0 Å². The highest BCUT2D eigenvalue weighted by Gasteiger charge is 2.44. The summed E-state index contributed by atoms with van der Waals surface area (Å²) >= 11 is 4.93. The van der Waals surface area contributed by atoms with Crippen molar-refractivity contribution >= 4 is 28.8 Å². The van der Waals surface area contributed by atoms with E-state index in [4.69, 9.17) is 27.4 Å². The number of thiocarbonyl (C=S) groups is 1. The molecule has 1 atom stereocenters. The molecule has 1 aromatic rings. The SMILES string of the molecule is COc1cc2c(cc1OC)C1CC(=NNC(N)=S)C3=C(CC(C)(C)CC3=O)N1CC2. The molecule has 0 radical (unpaired) electrons. The summed E-state index contributed by atoms with van der Waals surface area (Å²) in [5, 5.41) is 4.53. The van der Waals surface area contributed by atoms with Crippen molar-refractivity contribution in [2.24, 2.45) is 16.3 Å². The van der Waals surface area contributed by atoms with E-state index in [2.05, 4.69) is 41.4 Å². The Morgan fingerprint density at radius 1 is 1.27 bits per heavy atom. The molecule has 0 saturated heterocycles. The van der Waals surface area contributed by atoms with E-state index in [1.54, 1.807) is 14.2 Å². The van der Waals surface area contributed by atoms with E-state index in [1.165, 1.54) is 11.1 Å². The summed E-state index contributed by atoms with van der Waals surface area (Å²) in [6, 6.07) is 4.20. The molecule has 0 fully saturated rings. The molecule has 8 heteroatoms. The smallest absolute Gasteiger partial charge is 0.184 e. The quantitative estimate of drug-likeness (QED) is 0.565. The maximum absolute atomic E-state index is 13.1. The number of rotatable bonds is 3. The van der Waals surface area contributed by atoms with Gasteiger partial charge in [-0.2, -0.15) is 5.10 Å². The molecule has 0 spiro atoms. The Hall–Kier alpha value is -2.61. The molecule has 1 aliphatic carbocycles. The van der Waals surface area contributed by atoms with Gasteiger partial charge in [-0.1, -0.05) is 13.8 Å².